The number of carbonyl (C=O) groups excluding carboxylic acids is 1. The average Bonchev–Trinajstić information content (AvgIpc) is 3.13. The van der Waals surface area contributed by atoms with Crippen molar-refractivity contribution >= 4 is 5.78 Å². The number of Topliss-reactive ketones (excluding diaryl/α,β-unsaturated/α-hetero) is 1. The maximum Gasteiger partial charge on any atom is 0.169 e. The Bertz CT molecular complexity index is 982. The van der Waals surface area contributed by atoms with Crippen LogP contribution in [-0.2, 0) is 20.9 Å². The molecule has 4 aliphatic rings. The van der Waals surface area contributed by atoms with E-state index in [1.807, 2.05) is 0 Å². The molecule has 3 saturated carbocycles. The molecule has 0 amide bonds. The summed E-state index contributed by atoms with van der Waals surface area (Å²) in [7, 11) is 1.74. The van der Waals surface area contributed by atoms with Crippen molar-refractivity contribution in [3.63, 3.8) is 0 Å². The molecule has 1 N–H and O–H groups in total. The number of fused-ring (bicyclic) bond motifs is 5. The highest BCUT2D eigenvalue weighted by Crippen LogP contribution is 2.68. The predicted molar refractivity (Wildman–Crippen MR) is 133 cm³/mol. The van der Waals surface area contributed by atoms with Crippen molar-refractivity contribution in [2.45, 2.75) is 97.1 Å². The Balaban J connectivity index is 1.35. The van der Waals surface area contributed by atoms with Crippen LogP contribution < -0.4 is 0 Å². The Morgan fingerprint density at radius 1 is 1.06 bits per heavy atom. The molecule has 0 aromatic heterocycles. The van der Waals surface area contributed by atoms with Gasteiger partial charge in [0, 0.05) is 25.4 Å². The molecule has 1 aromatic carbocycles. The van der Waals surface area contributed by atoms with E-state index in [1.165, 1.54) is 11.1 Å². The second-order valence-electron chi connectivity index (χ2n) is 12.2. The Kier molecular flexibility index (Phi) is 5.90. The number of hydrogen-bond acceptors (Lipinski definition) is 4. The van der Waals surface area contributed by atoms with E-state index in [-0.39, 0.29) is 16.6 Å². The van der Waals surface area contributed by atoms with Crippen LogP contribution in [0, 0.1) is 35.5 Å². The van der Waals surface area contributed by atoms with Crippen LogP contribution in [0.4, 0.5) is 0 Å². The SMILES string of the molecule is CO[C@]1(C(C)=O)CC[C@H]2[C@@H]3CC=C4C[C@](O)(OCc5ccc(C)cc5)CC[C@]4(C)[C@H]3CC[C@@]21C. The molecule has 4 nitrogen and oxygen atoms in total. The fourth-order valence-electron chi connectivity index (χ4n) is 8.70. The van der Waals surface area contributed by atoms with E-state index < -0.39 is 11.4 Å². The number of benzene rings is 1. The van der Waals surface area contributed by atoms with Crippen LogP contribution in [0.25, 0.3) is 0 Å². The highest BCUT2D eigenvalue weighted by Gasteiger charge is 2.66. The number of rotatable bonds is 5. The maximum absolute atomic E-state index is 12.8. The van der Waals surface area contributed by atoms with Crippen molar-refractivity contribution < 1.29 is 19.4 Å². The van der Waals surface area contributed by atoms with E-state index in [2.05, 4.69) is 51.1 Å². The van der Waals surface area contributed by atoms with E-state index in [9.17, 15) is 9.90 Å². The van der Waals surface area contributed by atoms with Gasteiger partial charge in [-0.3, -0.25) is 4.79 Å². The zero-order valence-electron chi connectivity index (χ0n) is 21.7. The second-order valence-corrected chi connectivity index (χ2v) is 12.2. The summed E-state index contributed by atoms with van der Waals surface area (Å²) in [6.07, 6.45) is 9.81. The number of methoxy groups -OCH3 is 1. The summed E-state index contributed by atoms with van der Waals surface area (Å²) < 4.78 is 12.2. The summed E-state index contributed by atoms with van der Waals surface area (Å²) in [6.45, 7) is 9.00. The first-order valence-corrected chi connectivity index (χ1v) is 13.2. The third kappa shape index (κ3) is 3.47. The maximum atomic E-state index is 12.8. The van der Waals surface area contributed by atoms with Crippen molar-refractivity contribution in [3.05, 3.63) is 47.0 Å². The molecule has 3 fully saturated rings. The molecule has 0 heterocycles. The fraction of sp³-hybridized carbons (Fsp3) is 0.700. The summed E-state index contributed by atoms with van der Waals surface area (Å²) in [5.41, 5.74) is 3.13. The monoisotopic (exact) mass is 466 g/mol. The molecule has 0 spiro atoms. The highest BCUT2D eigenvalue weighted by molar-refractivity contribution is 5.86. The van der Waals surface area contributed by atoms with Crippen LogP contribution in [0.2, 0.25) is 0 Å². The lowest BCUT2D eigenvalue weighted by atomic mass is 9.46. The van der Waals surface area contributed by atoms with Gasteiger partial charge in [0.1, 0.15) is 5.60 Å². The van der Waals surface area contributed by atoms with Gasteiger partial charge in [0.2, 0.25) is 0 Å². The molecule has 4 aliphatic carbocycles. The second kappa shape index (κ2) is 8.28. The summed E-state index contributed by atoms with van der Waals surface area (Å²) in [6, 6.07) is 8.35. The lowest BCUT2D eigenvalue weighted by Gasteiger charge is -2.59. The average molecular weight is 467 g/mol. The summed E-state index contributed by atoms with van der Waals surface area (Å²) in [4.78, 5) is 12.8. The molecule has 0 aliphatic heterocycles. The minimum atomic E-state index is -1.08. The first kappa shape index (κ1) is 24.2. The Morgan fingerprint density at radius 2 is 1.76 bits per heavy atom. The first-order chi connectivity index (χ1) is 16.1. The molecule has 0 saturated heterocycles. The molecule has 186 valence electrons. The van der Waals surface area contributed by atoms with Crippen LogP contribution in [0.1, 0.15) is 83.3 Å². The van der Waals surface area contributed by atoms with E-state index in [0.717, 1.165) is 44.1 Å². The number of aliphatic hydroxyl groups is 1. The number of aryl methyl sites for hydroxylation is 1. The number of carbonyl (C=O) groups is 1. The molecule has 0 unspecified atom stereocenters. The van der Waals surface area contributed by atoms with E-state index >= 15 is 0 Å². The summed E-state index contributed by atoms with van der Waals surface area (Å²) >= 11 is 0. The lowest BCUT2D eigenvalue weighted by Crippen LogP contribution is -2.58. The van der Waals surface area contributed by atoms with Crippen LogP contribution in [0.5, 0.6) is 0 Å². The zero-order valence-corrected chi connectivity index (χ0v) is 21.7. The number of hydrogen-bond donors (Lipinski definition) is 1. The molecule has 34 heavy (non-hydrogen) atoms. The van der Waals surface area contributed by atoms with Gasteiger partial charge in [-0.25, -0.2) is 0 Å². The van der Waals surface area contributed by atoms with Gasteiger partial charge in [-0.2, -0.15) is 0 Å². The van der Waals surface area contributed by atoms with Crippen LogP contribution in [0.3, 0.4) is 0 Å². The lowest BCUT2D eigenvalue weighted by molar-refractivity contribution is -0.232. The highest BCUT2D eigenvalue weighted by atomic mass is 16.6. The van der Waals surface area contributed by atoms with Crippen LogP contribution in [0.15, 0.2) is 35.9 Å². The van der Waals surface area contributed by atoms with Crippen LogP contribution in [-0.4, -0.2) is 29.4 Å². The minimum absolute atomic E-state index is 0.0804. The van der Waals surface area contributed by atoms with Gasteiger partial charge in [0.15, 0.2) is 11.6 Å². The Morgan fingerprint density at radius 3 is 2.44 bits per heavy atom. The van der Waals surface area contributed by atoms with Crippen molar-refractivity contribution in [3.8, 4) is 0 Å². The zero-order chi connectivity index (χ0) is 24.4. The number of ether oxygens (including phenoxy) is 2. The molecule has 0 bridgehead atoms. The Hall–Kier alpha value is -1.49. The largest absolute Gasteiger partial charge is 0.370 e. The fourth-order valence-corrected chi connectivity index (χ4v) is 8.70. The molecule has 0 radical (unpaired) electrons. The third-order valence-electron chi connectivity index (χ3n) is 10.8. The van der Waals surface area contributed by atoms with Gasteiger partial charge < -0.3 is 14.6 Å². The van der Waals surface area contributed by atoms with Crippen LogP contribution >= 0.6 is 0 Å². The van der Waals surface area contributed by atoms with Crippen molar-refractivity contribution in [1.82, 2.24) is 0 Å². The van der Waals surface area contributed by atoms with E-state index in [0.29, 0.717) is 37.2 Å². The molecule has 1 aromatic rings. The molecule has 5 rings (SSSR count). The summed E-state index contributed by atoms with van der Waals surface area (Å²) in [5, 5.41) is 11.4. The molecular weight excluding hydrogens is 424 g/mol. The first-order valence-electron chi connectivity index (χ1n) is 13.2. The van der Waals surface area contributed by atoms with Crippen molar-refractivity contribution in [2.75, 3.05) is 7.11 Å². The number of ketones is 1. The van der Waals surface area contributed by atoms with E-state index in [1.54, 1.807) is 14.0 Å². The number of allylic oxidation sites excluding steroid dienone is 1. The Labute approximate surface area is 205 Å². The van der Waals surface area contributed by atoms with Crippen molar-refractivity contribution in [2.24, 2.45) is 28.6 Å². The summed E-state index contributed by atoms with van der Waals surface area (Å²) in [5.74, 6) is 0.822. The van der Waals surface area contributed by atoms with E-state index in [4.69, 9.17) is 9.47 Å². The normalized spacial score (nSPS) is 43.5. The topological polar surface area (TPSA) is 55.8 Å². The predicted octanol–water partition coefficient (Wildman–Crippen LogP) is 6.14. The van der Waals surface area contributed by atoms with Gasteiger partial charge in [-0.05, 0) is 81.1 Å². The quantitative estimate of drug-likeness (QED) is 0.418. The molecule has 4 heteroatoms. The van der Waals surface area contributed by atoms with Gasteiger partial charge in [-0.15, -0.1) is 0 Å². The van der Waals surface area contributed by atoms with Crippen molar-refractivity contribution in [1.29, 1.82) is 0 Å². The minimum Gasteiger partial charge on any atom is -0.370 e. The van der Waals surface area contributed by atoms with Gasteiger partial charge in [0.05, 0.1) is 6.61 Å². The van der Waals surface area contributed by atoms with Gasteiger partial charge in [0.25, 0.3) is 0 Å². The molecule has 7 atom stereocenters. The smallest absolute Gasteiger partial charge is 0.169 e. The van der Waals surface area contributed by atoms with Gasteiger partial charge in [-0.1, -0.05) is 55.3 Å². The van der Waals surface area contributed by atoms with Gasteiger partial charge >= 0.3 is 0 Å². The molecular formula is C30H42O4. The standard InChI is InChI=1S/C30H42O4/c1-20-6-8-22(9-7-20)19-34-29(32)17-16-27(3)23(18-29)10-11-24-25(27)12-14-28(4)26(24)13-15-30(28,33-5)21(2)31/h6-10,24-26,32H,11-19H2,1-5H3/t24-,25+,26+,27+,28+,29-,30+/m1/s1. The third-order valence-corrected chi connectivity index (χ3v) is 10.8.